The summed E-state index contributed by atoms with van der Waals surface area (Å²) in [5, 5.41) is 60.1. The lowest BCUT2D eigenvalue weighted by Gasteiger charge is -2.42. The third kappa shape index (κ3) is 5.69. The van der Waals surface area contributed by atoms with E-state index in [-0.39, 0.29) is 17.7 Å². The van der Waals surface area contributed by atoms with E-state index in [1.54, 1.807) is 12.1 Å². The predicted octanol–water partition coefficient (Wildman–Crippen LogP) is -0.349. The number of carboxylic acid groups (broad SMARTS) is 1. The zero-order valence-electron chi connectivity index (χ0n) is 19.5. The second kappa shape index (κ2) is 11.0. The molecule has 4 unspecified atom stereocenters. The van der Waals surface area contributed by atoms with Crippen LogP contribution in [-0.2, 0) is 28.5 Å². The Hall–Kier alpha value is -3.26. The van der Waals surface area contributed by atoms with Gasteiger partial charge in [0, 0.05) is 12.0 Å². The number of benzene rings is 1. The molecular weight excluding hydrogens is 492 g/mol. The number of aromatic hydroxyl groups is 1. The first-order valence-electron chi connectivity index (χ1n) is 11.5. The molecular formula is C25H28O12. The van der Waals surface area contributed by atoms with Gasteiger partial charge in [-0.05, 0) is 35.8 Å². The van der Waals surface area contributed by atoms with E-state index >= 15 is 0 Å². The van der Waals surface area contributed by atoms with Gasteiger partial charge >= 0.3 is 11.9 Å². The molecule has 4 rings (SSSR count). The molecule has 12 nitrogen and oxygen atoms in total. The highest BCUT2D eigenvalue weighted by Gasteiger charge is 2.52. The molecule has 0 bridgehead atoms. The maximum Gasteiger partial charge on any atom is 0.334 e. The van der Waals surface area contributed by atoms with Crippen molar-refractivity contribution in [3.05, 3.63) is 59.9 Å². The number of carbonyl (C=O) groups excluding carboxylic acids is 1. The zero-order chi connectivity index (χ0) is 26.9. The highest BCUT2D eigenvalue weighted by Crippen LogP contribution is 2.46. The Morgan fingerprint density at radius 1 is 1.05 bits per heavy atom. The van der Waals surface area contributed by atoms with Gasteiger partial charge in [0.2, 0.25) is 6.29 Å². The highest BCUT2D eigenvalue weighted by atomic mass is 16.8. The Bertz CT molecular complexity index is 1080. The second-order valence-corrected chi connectivity index (χ2v) is 9.05. The maximum atomic E-state index is 12.1. The first-order valence-corrected chi connectivity index (χ1v) is 11.5. The number of phenols is 1. The summed E-state index contributed by atoms with van der Waals surface area (Å²) in [6, 6.07) is 6.05. The summed E-state index contributed by atoms with van der Waals surface area (Å²) in [7, 11) is 0. The summed E-state index contributed by atoms with van der Waals surface area (Å²) in [6.45, 7) is 3.32. The van der Waals surface area contributed by atoms with Crippen LogP contribution in [0.5, 0.6) is 5.75 Å². The lowest BCUT2D eigenvalue weighted by Crippen LogP contribution is -2.60. The predicted molar refractivity (Wildman–Crippen MR) is 123 cm³/mol. The van der Waals surface area contributed by atoms with Crippen LogP contribution >= 0.6 is 0 Å². The van der Waals surface area contributed by atoms with Crippen molar-refractivity contribution in [3.8, 4) is 5.75 Å². The molecule has 1 aliphatic carbocycles. The lowest BCUT2D eigenvalue weighted by molar-refractivity contribution is -0.339. The fourth-order valence-corrected chi connectivity index (χ4v) is 4.60. The van der Waals surface area contributed by atoms with Gasteiger partial charge in [-0.3, -0.25) is 0 Å². The third-order valence-corrected chi connectivity index (χ3v) is 6.67. The van der Waals surface area contributed by atoms with Crippen molar-refractivity contribution < 1.29 is 59.2 Å². The van der Waals surface area contributed by atoms with E-state index in [1.165, 1.54) is 18.2 Å². The minimum absolute atomic E-state index is 0.0618. The molecule has 1 aromatic rings. The van der Waals surface area contributed by atoms with E-state index < -0.39 is 73.5 Å². The summed E-state index contributed by atoms with van der Waals surface area (Å²) in [5.74, 6) is -3.35. The van der Waals surface area contributed by atoms with Gasteiger partial charge in [-0.1, -0.05) is 18.7 Å². The van der Waals surface area contributed by atoms with E-state index in [0.717, 1.165) is 12.3 Å². The first kappa shape index (κ1) is 26.8. The van der Waals surface area contributed by atoms with Gasteiger partial charge in [0.05, 0.1) is 23.9 Å². The Morgan fingerprint density at radius 3 is 2.43 bits per heavy atom. The van der Waals surface area contributed by atoms with Crippen LogP contribution in [0.3, 0.4) is 0 Å². The third-order valence-electron chi connectivity index (χ3n) is 6.67. The molecule has 3 aliphatic rings. The molecule has 1 saturated heterocycles. The van der Waals surface area contributed by atoms with Gasteiger partial charge in [0.15, 0.2) is 6.29 Å². The number of esters is 1. The number of phenolic OH excluding ortho intramolecular Hbond substituents is 1. The van der Waals surface area contributed by atoms with Crippen molar-refractivity contribution in [2.75, 3.05) is 6.61 Å². The van der Waals surface area contributed by atoms with Crippen molar-refractivity contribution in [3.63, 3.8) is 0 Å². The van der Waals surface area contributed by atoms with E-state index in [1.807, 2.05) is 0 Å². The van der Waals surface area contributed by atoms with Crippen LogP contribution in [0.15, 0.2) is 54.3 Å². The monoisotopic (exact) mass is 520 g/mol. The average molecular weight is 520 g/mol. The number of aliphatic hydroxyl groups is 4. The van der Waals surface area contributed by atoms with Gasteiger partial charge in [-0.15, -0.1) is 0 Å². The minimum Gasteiger partial charge on any atom is -0.508 e. The van der Waals surface area contributed by atoms with Crippen LogP contribution in [0.4, 0.5) is 0 Å². The Labute approximate surface area is 211 Å². The topological polar surface area (TPSA) is 192 Å². The molecule has 12 heteroatoms. The van der Waals surface area contributed by atoms with Crippen molar-refractivity contribution >= 4 is 18.0 Å². The number of hydrogen-bond acceptors (Lipinski definition) is 11. The van der Waals surface area contributed by atoms with Crippen molar-refractivity contribution in [2.45, 2.75) is 49.5 Å². The van der Waals surface area contributed by atoms with Gasteiger partial charge in [0.25, 0.3) is 0 Å². The number of rotatable bonds is 7. The molecule has 9 atom stereocenters. The quantitative estimate of drug-likeness (QED) is 0.156. The Morgan fingerprint density at radius 2 is 1.76 bits per heavy atom. The van der Waals surface area contributed by atoms with Crippen LogP contribution in [0.2, 0.25) is 0 Å². The van der Waals surface area contributed by atoms with Crippen molar-refractivity contribution in [1.29, 1.82) is 0 Å². The highest BCUT2D eigenvalue weighted by molar-refractivity contribution is 5.87. The number of aliphatic hydroxyl groups excluding tert-OH is 4. The Balaban J connectivity index is 1.40. The smallest absolute Gasteiger partial charge is 0.334 e. The van der Waals surface area contributed by atoms with Crippen molar-refractivity contribution in [1.82, 2.24) is 0 Å². The SMILES string of the molecule is C=C1C(O)CC2C(C(=O)O)=COC(O[C@@H]3O[C@H](COC(=O)/C=C/c4ccc(O)cc4)[C@@H](O)[C@H](O)[C@H]3O)C12. The molecule has 2 heterocycles. The summed E-state index contributed by atoms with van der Waals surface area (Å²) in [4.78, 5) is 23.7. The molecule has 2 fully saturated rings. The number of carboxylic acids is 1. The van der Waals surface area contributed by atoms with Crippen LogP contribution < -0.4 is 0 Å². The van der Waals surface area contributed by atoms with Crippen molar-refractivity contribution in [2.24, 2.45) is 11.8 Å². The van der Waals surface area contributed by atoms with Crippen LogP contribution in [0, 0.1) is 11.8 Å². The molecule has 2 aliphatic heterocycles. The standard InChI is InChI=1S/C25H28O12/c1-11-16(27)8-14-15(23(32)33)9-35-24(19(11)14)37-25-22(31)21(30)20(29)17(36-25)10-34-18(28)7-4-12-2-5-13(26)6-3-12/h2-7,9,14,16-17,19-22,24-27,29-31H,1,8,10H2,(H,32,33)/b7-4+/t14?,16?,17-,19?,20-,21+,22-,24?,25+/m1/s1. The number of ether oxygens (including phenoxy) is 4. The first-order chi connectivity index (χ1) is 17.6. The molecule has 1 saturated carbocycles. The molecule has 0 aromatic heterocycles. The molecule has 200 valence electrons. The normalized spacial score (nSPS) is 35.5. The molecule has 1 aromatic carbocycles. The lowest BCUT2D eigenvalue weighted by atomic mass is 9.85. The average Bonchev–Trinajstić information content (AvgIpc) is 3.17. The number of carbonyl (C=O) groups is 2. The van der Waals surface area contributed by atoms with Crippen LogP contribution in [-0.4, -0.2) is 92.3 Å². The summed E-state index contributed by atoms with van der Waals surface area (Å²) in [5.41, 5.74) is 0.854. The summed E-state index contributed by atoms with van der Waals surface area (Å²) >= 11 is 0. The van der Waals surface area contributed by atoms with Crippen LogP contribution in [0.25, 0.3) is 6.08 Å². The zero-order valence-corrected chi connectivity index (χ0v) is 19.5. The molecule has 37 heavy (non-hydrogen) atoms. The minimum atomic E-state index is -1.73. The van der Waals surface area contributed by atoms with Gasteiger partial charge in [0.1, 0.15) is 36.8 Å². The fraction of sp³-hybridized carbons (Fsp3) is 0.440. The molecule has 0 amide bonds. The van der Waals surface area contributed by atoms with E-state index in [9.17, 15) is 40.2 Å². The van der Waals surface area contributed by atoms with Crippen LogP contribution in [0.1, 0.15) is 12.0 Å². The molecule has 0 spiro atoms. The van der Waals surface area contributed by atoms with Gasteiger partial charge in [-0.2, -0.15) is 0 Å². The molecule has 6 N–H and O–H groups in total. The maximum absolute atomic E-state index is 12.1. The van der Waals surface area contributed by atoms with Gasteiger partial charge in [-0.25, -0.2) is 9.59 Å². The molecule has 0 radical (unpaired) electrons. The summed E-state index contributed by atoms with van der Waals surface area (Å²) < 4.78 is 21.8. The Kier molecular flexibility index (Phi) is 7.97. The van der Waals surface area contributed by atoms with E-state index in [2.05, 4.69) is 6.58 Å². The number of aliphatic carboxylic acids is 1. The largest absolute Gasteiger partial charge is 0.508 e. The summed E-state index contributed by atoms with van der Waals surface area (Å²) in [6.07, 6.45) is -6.43. The van der Waals surface area contributed by atoms with Gasteiger partial charge < -0.3 is 49.6 Å². The second-order valence-electron chi connectivity index (χ2n) is 9.05. The number of fused-ring (bicyclic) bond motifs is 1. The number of hydrogen-bond donors (Lipinski definition) is 6. The van der Waals surface area contributed by atoms with E-state index in [4.69, 9.17) is 18.9 Å². The van der Waals surface area contributed by atoms with E-state index in [0.29, 0.717) is 11.1 Å². The fourth-order valence-electron chi connectivity index (χ4n) is 4.60.